The number of thioether (sulfide) groups is 1. The van der Waals surface area contributed by atoms with Crippen molar-refractivity contribution in [3.8, 4) is 11.4 Å². The molecule has 0 unspecified atom stereocenters. The molecule has 0 radical (unpaired) electrons. The monoisotopic (exact) mass is 385 g/mol. The highest BCUT2D eigenvalue weighted by atomic mass is 32.2. The van der Waals surface area contributed by atoms with Gasteiger partial charge in [-0.1, -0.05) is 17.8 Å². The quantitative estimate of drug-likeness (QED) is 0.603. The Balaban J connectivity index is 1.36. The van der Waals surface area contributed by atoms with E-state index in [-0.39, 0.29) is 5.91 Å². The number of carbonyl (C=O) groups excluding carboxylic acids is 1. The van der Waals surface area contributed by atoms with Gasteiger partial charge in [-0.05, 0) is 42.8 Å². The average Bonchev–Trinajstić information content (AvgIpc) is 3.20. The zero-order valence-corrected chi connectivity index (χ0v) is 15.8. The lowest BCUT2D eigenvalue weighted by atomic mass is 10.3. The molecule has 6 nitrogen and oxygen atoms in total. The zero-order valence-electron chi connectivity index (χ0n) is 14.2. The van der Waals surface area contributed by atoms with Gasteiger partial charge < -0.3 is 5.32 Å². The molecule has 1 fully saturated rings. The van der Waals surface area contributed by atoms with Crippen molar-refractivity contribution in [3.05, 3.63) is 46.9 Å². The summed E-state index contributed by atoms with van der Waals surface area (Å²) in [5.74, 6) is 1.21. The van der Waals surface area contributed by atoms with Crippen molar-refractivity contribution in [3.63, 3.8) is 0 Å². The number of thiophene rings is 1. The Morgan fingerprint density at radius 1 is 1.31 bits per heavy atom. The molecule has 0 spiro atoms. The van der Waals surface area contributed by atoms with E-state index in [0.717, 1.165) is 35.8 Å². The van der Waals surface area contributed by atoms with E-state index in [1.165, 1.54) is 16.6 Å². The van der Waals surface area contributed by atoms with E-state index in [0.29, 0.717) is 18.3 Å². The van der Waals surface area contributed by atoms with Crippen LogP contribution in [0.4, 0.5) is 0 Å². The van der Waals surface area contributed by atoms with Crippen molar-refractivity contribution in [1.82, 2.24) is 25.1 Å². The summed E-state index contributed by atoms with van der Waals surface area (Å²) in [5.41, 5.74) is 0.958. The molecule has 1 aliphatic rings. The fourth-order valence-electron chi connectivity index (χ4n) is 2.69. The summed E-state index contributed by atoms with van der Waals surface area (Å²) in [5, 5.41) is 14.5. The smallest absolute Gasteiger partial charge is 0.230 e. The van der Waals surface area contributed by atoms with Crippen LogP contribution in [0.2, 0.25) is 0 Å². The molecule has 1 aliphatic carbocycles. The topological polar surface area (TPSA) is 72.7 Å². The van der Waals surface area contributed by atoms with Crippen LogP contribution in [0.1, 0.15) is 23.8 Å². The SMILES string of the molecule is O=C(CSc1nnc(-c2cccnc2)n1C1CC1)NCCc1cccs1. The van der Waals surface area contributed by atoms with Gasteiger partial charge in [0.05, 0.1) is 5.75 Å². The molecule has 4 rings (SSSR count). The molecule has 3 aromatic heterocycles. The van der Waals surface area contributed by atoms with Crippen molar-refractivity contribution >= 4 is 29.0 Å². The third-order valence-corrected chi connectivity index (χ3v) is 5.98. The Kier molecular flexibility index (Phi) is 5.31. The van der Waals surface area contributed by atoms with Gasteiger partial charge in [-0.3, -0.25) is 14.3 Å². The number of hydrogen-bond acceptors (Lipinski definition) is 6. The van der Waals surface area contributed by atoms with Gasteiger partial charge in [0.2, 0.25) is 5.91 Å². The van der Waals surface area contributed by atoms with Gasteiger partial charge in [0.1, 0.15) is 0 Å². The van der Waals surface area contributed by atoms with E-state index in [9.17, 15) is 4.79 Å². The summed E-state index contributed by atoms with van der Waals surface area (Å²) < 4.78 is 2.15. The van der Waals surface area contributed by atoms with Crippen molar-refractivity contribution in [2.45, 2.75) is 30.5 Å². The van der Waals surface area contributed by atoms with E-state index in [1.54, 1.807) is 23.7 Å². The molecular weight excluding hydrogens is 366 g/mol. The summed E-state index contributed by atoms with van der Waals surface area (Å²) >= 11 is 3.16. The minimum atomic E-state index is 0.0276. The average molecular weight is 386 g/mol. The van der Waals surface area contributed by atoms with Gasteiger partial charge >= 0.3 is 0 Å². The lowest BCUT2D eigenvalue weighted by Gasteiger charge is -2.08. The van der Waals surface area contributed by atoms with Crippen LogP contribution >= 0.6 is 23.1 Å². The maximum absolute atomic E-state index is 12.1. The standard InChI is InChI=1S/C18H19N5OS2/c24-16(20-9-7-15-4-2-10-25-15)12-26-18-22-21-17(23(18)14-5-6-14)13-3-1-8-19-11-13/h1-4,8,10-11,14H,5-7,9,12H2,(H,20,24). The van der Waals surface area contributed by atoms with E-state index in [1.807, 2.05) is 18.2 Å². The van der Waals surface area contributed by atoms with Crippen LogP contribution in [-0.2, 0) is 11.2 Å². The first-order valence-corrected chi connectivity index (χ1v) is 10.4. The minimum absolute atomic E-state index is 0.0276. The normalized spacial score (nSPS) is 13.7. The number of aromatic nitrogens is 4. The lowest BCUT2D eigenvalue weighted by molar-refractivity contribution is -0.118. The van der Waals surface area contributed by atoms with Crippen molar-refractivity contribution in [1.29, 1.82) is 0 Å². The molecule has 134 valence electrons. The van der Waals surface area contributed by atoms with Crippen LogP contribution in [0.5, 0.6) is 0 Å². The molecule has 0 aromatic carbocycles. The van der Waals surface area contributed by atoms with Crippen molar-refractivity contribution in [2.75, 3.05) is 12.3 Å². The molecule has 1 N–H and O–H groups in total. The Labute approximate surface area is 160 Å². The molecular formula is C18H19N5OS2. The van der Waals surface area contributed by atoms with Gasteiger partial charge in [0.25, 0.3) is 0 Å². The number of carbonyl (C=O) groups is 1. The molecule has 3 aromatic rings. The fraction of sp³-hybridized carbons (Fsp3) is 0.333. The van der Waals surface area contributed by atoms with E-state index in [2.05, 4.69) is 36.5 Å². The van der Waals surface area contributed by atoms with E-state index in [4.69, 9.17) is 0 Å². The zero-order chi connectivity index (χ0) is 17.8. The molecule has 0 bridgehead atoms. The molecule has 1 saturated carbocycles. The van der Waals surface area contributed by atoms with Gasteiger partial charge in [-0.2, -0.15) is 0 Å². The number of hydrogen-bond donors (Lipinski definition) is 1. The molecule has 0 aliphatic heterocycles. The van der Waals surface area contributed by atoms with E-state index < -0.39 is 0 Å². The predicted molar refractivity (Wildman–Crippen MR) is 103 cm³/mol. The van der Waals surface area contributed by atoms with Gasteiger partial charge in [0, 0.05) is 35.4 Å². The second kappa shape index (κ2) is 8.01. The molecule has 1 amide bonds. The summed E-state index contributed by atoms with van der Waals surface area (Å²) in [6.45, 7) is 0.663. The highest BCUT2D eigenvalue weighted by Crippen LogP contribution is 2.40. The second-order valence-electron chi connectivity index (χ2n) is 6.12. The first-order valence-electron chi connectivity index (χ1n) is 8.58. The molecule has 0 atom stereocenters. The fourth-order valence-corrected chi connectivity index (χ4v) is 4.23. The van der Waals surface area contributed by atoms with Crippen LogP contribution in [0, 0.1) is 0 Å². The Morgan fingerprint density at radius 2 is 2.23 bits per heavy atom. The predicted octanol–water partition coefficient (Wildman–Crippen LogP) is 3.19. The first-order chi connectivity index (χ1) is 12.8. The summed E-state index contributed by atoms with van der Waals surface area (Å²) in [7, 11) is 0. The highest BCUT2D eigenvalue weighted by molar-refractivity contribution is 7.99. The minimum Gasteiger partial charge on any atom is -0.355 e. The van der Waals surface area contributed by atoms with E-state index >= 15 is 0 Å². The van der Waals surface area contributed by atoms with Gasteiger partial charge in [0.15, 0.2) is 11.0 Å². The Hall–Kier alpha value is -2.19. The largest absolute Gasteiger partial charge is 0.355 e. The Bertz CT molecular complexity index is 859. The molecule has 26 heavy (non-hydrogen) atoms. The van der Waals surface area contributed by atoms with Crippen molar-refractivity contribution in [2.24, 2.45) is 0 Å². The lowest BCUT2D eigenvalue weighted by Crippen LogP contribution is -2.27. The van der Waals surface area contributed by atoms with Crippen LogP contribution in [0.15, 0.2) is 47.2 Å². The van der Waals surface area contributed by atoms with Gasteiger partial charge in [-0.15, -0.1) is 21.5 Å². The molecule has 3 heterocycles. The van der Waals surface area contributed by atoms with Crippen molar-refractivity contribution < 1.29 is 4.79 Å². The van der Waals surface area contributed by atoms with Crippen LogP contribution in [0.3, 0.4) is 0 Å². The maximum atomic E-state index is 12.1. The number of nitrogens with zero attached hydrogens (tertiary/aromatic N) is 4. The third kappa shape index (κ3) is 4.13. The second-order valence-corrected chi connectivity index (χ2v) is 8.09. The van der Waals surface area contributed by atoms with Crippen LogP contribution in [-0.4, -0.2) is 38.0 Å². The highest BCUT2D eigenvalue weighted by Gasteiger charge is 2.30. The molecule has 0 saturated heterocycles. The number of amides is 1. The van der Waals surface area contributed by atoms with Gasteiger partial charge in [-0.25, -0.2) is 0 Å². The summed E-state index contributed by atoms with van der Waals surface area (Å²) in [6, 6.07) is 8.44. The number of rotatable bonds is 8. The Morgan fingerprint density at radius 3 is 2.96 bits per heavy atom. The number of nitrogens with one attached hydrogen (secondary N) is 1. The number of pyridine rings is 1. The first kappa shape index (κ1) is 17.2. The van der Waals surface area contributed by atoms with Crippen LogP contribution in [0.25, 0.3) is 11.4 Å². The summed E-state index contributed by atoms with van der Waals surface area (Å²) in [6.07, 6.45) is 6.68. The maximum Gasteiger partial charge on any atom is 0.230 e. The molecule has 8 heteroatoms. The third-order valence-electron chi connectivity index (χ3n) is 4.10. The summed E-state index contributed by atoms with van der Waals surface area (Å²) in [4.78, 5) is 17.6. The van der Waals surface area contributed by atoms with Crippen LogP contribution < -0.4 is 5.32 Å².